The van der Waals surface area contributed by atoms with Gasteiger partial charge in [0, 0.05) is 23.1 Å². The average molecular weight is 450 g/mol. The second-order valence-corrected chi connectivity index (χ2v) is 8.14. The molecule has 0 radical (unpaired) electrons. The molecule has 0 N–H and O–H groups in total. The Bertz CT molecular complexity index is 884. The van der Waals surface area contributed by atoms with E-state index in [0.717, 1.165) is 13.1 Å². The third kappa shape index (κ3) is 2.80. The summed E-state index contributed by atoms with van der Waals surface area (Å²) in [4.78, 5) is 19.0. The van der Waals surface area contributed by atoms with Crippen molar-refractivity contribution >= 4 is 71.4 Å². The number of rotatable bonds is 2. The number of thiophene rings is 1. The molecule has 0 amide bonds. The predicted molar refractivity (Wildman–Crippen MR) is 89.9 cm³/mol. The smallest absolute Gasteiger partial charge is 0.258 e. The van der Waals surface area contributed by atoms with Gasteiger partial charge in [-0.25, -0.2) is 9.97 Å². The van der Waals surface area contributed by atoms with Crippen molar-refractivity contribution in [3.63, 3.8) is 0 Å². The molecule has 0 aliphatic heterocycles. The lowest BCUT2D eigenvalue weighted by atomic mass is 10.2. The van der Waals surface area contributed by atoms with Gasteiger partial charge in [-0.3, -0.25) is 10.1 Å². The van der Waals surface area contributed by atoms with Gasteiger partial charge in [0.25, 0.3) is 5.69 Å². The molecule has 0 saturated heterocycles. The molecule has 0 aliphatic carbocycles. The van der Waals surface area contributed by atoms with Crippen molar-refractivity contribution in [3.8, 4) is 11.4 Å². The summed E-state index contributed by atoms with van der Waals surface area (Å²) in [5, 5.41) is 11.4. The maximum absolute atomic E-state index is 10.8. The summed E-state index contributed by atoms with van der Waals surface area (Å²) >= 11 is 14.5. The number of nitrogens with zero attached hydrogens (tertiary/aromatic N) is 3. The first-order valence-corrected chi connectivity index (χ1v) is 8.30. The van der Waals surface area contributed by atoms with Crippen LogP contribution < -0.4 is 0 Å². The number of aromatic nitrogens is 2. The highest BCUT2D eigenvalue weighted by Gasteiger charge is 2.15. The molecule has 2 heterocycles. The Morgan fingerprint density at radius 2 is 2.00 bits per heavy atom. The van der Waals surface area contributed by atoms with E-state index in [1.807, 2.05) is 6.07 Å². The van der Waals surface area contributed by atoms with E-state index >= 15 is 0 Å². The molecule has 0 unspecified atom stereocenters. The van der Waals surface area contributed by atoms with Gasteiger partial charge in [-0.2, -0.15) is 0 Å². The third-order valence-electron chi connectivity index (χ3n) is 2.74. The minimum absolute atomic E-state index is 0.0415. The fraction of sp³-hybridized carbons (Fsp3) is 0. The van der Waals surface area contributed by atoms with E-state index in [9.17, 15) is 10.1 Å². The van der Waals surface area contributed by atoms with Crippen molar-refractivity contribution in [3.05, 3.63) is 47.1 Å². The SMILES string of the molecule is O=[N+]([O-])c1ccc2nc(-c3cc(Br)sc3Br)nc(Cl)c2c1. The minimum Gasteiger partial charge on any atom is -0.258 e. The zero-order chi connectivity index (χ0) is 15.1. The zero-order valence-corrected chi connectivity index (χ0v) is 14.8. The molecule has 106 valence electrons. The van der Waals surface area contributed by atoms with E-state index in [1.165, 1.54) is 23.5 Å². The highest BCUT2D eigenvalue weighted by Crippen LogP contribution is 2.38. The lowest BCUT2D eigenvalue weighted by Crippen LogP contribution is -1.93. The first-order valence-electron chi connectivity index (χ1n) is 5.52. The van der Waals surface area contributed by atoms with Gasteiger partial charge in [-0.15, -0.1) is 11.3 Å². The minimum atomic E-state index is -0.476. The summed E-state index contributed by atoms with van der Waals surface area (Å²) in [7, 11) is 0. The first kappa shape index (κ1) is 14.8. The van der Waals surface area contributed by atoms with E-state index in [-0.39, 0.29) is 10.8 Å². The molecule has 0 spiro atoms. The van der Waals surface area contributed by atoms with Crippen LogP contribution in [0.4, 0.5) is 5.69 Å². The Morgan fingerprint density at radius 1 is 1.24 bits per heavy atom. The second kappa shape index (κ2) is 5.60. The second-order valence-electron chi connectivity index (χ2n) is 4.03. The monoisotopic (exact) mass is 447 g/mol. The summed E-state index contributed by atoms with van der Waals surface area (Å²) in [6.07, 6.45) is 0. The van der Waals surface area contributed by atoms with Crippen molar-refractivity contribution < 1.29 is 4.92 Å². The Hall–Kier alpha value is -1.09. The Morgan fingerprint density at radius 3 is 2.62 bits per heavy atom. The number of nitro groups is 1. The molecule has 9 heteroatoms. The first-order chi connectivity index (χ1) is 9.95. The Labute approximate surface area is 144 Å². The summed E-state index contributed by atoms with van der Waals surface area (Å²) in [5.41, 5.74) is 1.33. The summed E-state index contributed by atoms with van der Waals surface area (Å²) in [6, 6.07) is 6.23. The van der Waals surface area contributed by atoms with Gasteiger partial charge in [0.05, 0.1) is 18.0 Å². The fourth-order valence-corrected chi connectivity index (χ4v) is 4.83. The van der Waals surface area contributed by atoms with Gasteiger partial charge in [0.15, 0.2) is 5.82 Å². The largest absolute Gasteiger partial charge is 0.270 e. The van der Waals surface area contributed by atoms with Crippen LogP contribution in [0.2, 0.25) is 5.15 Å². The van der Waals surface area contributed by atoms with Crippen LogP contribution in [0, 0.1) is 10.1 Å². The van der Waals surface area contributed by atoms with Crippen molar-refractivity contribution in [2.75, 3.05) is 0 Å². The lowest BCUT2D eigenvalue weighted by molar-refractivity contribution is -0.384. The molecule has 0 atom stereocenters. The number of hydrogen-bond donors (Lipinski definition) is 0. The topological polar surface area (TPSA) is 68.9 Å². The van der Waals surface area contributed by atoms with E-state index < -0.39 is 4.92 Å². The number of benzene rings is 1. The Kier molecular flexibility index (Phi) is 3.96. The molecule has 21 heavy (non-hydrogen) atoms. The predicted octanol–water partition coefficient (Wildman–Crippen LogP) is 5.44. The van der Waals surface area contributed by atoms with Crippen molar-refractivity contribution in [2.45, 2.75) is 0 Å². The number of hydrogen-bond acceptors (Lipinski definition) is 5. The van der Waals surface area contributed by atoms with E-state index in [1.54, 1.807) is 6.07 Å². The number of fused-ring (bicyclic) bond motifs is 1. The van der Waals surface area contributed by atoms with Crippen LogP contribution in [0.15, 0.2) is 31.8 Å². The van der Waals surface area contributed by atoms with Crippen molar-refractivity contribution in [1.82, 2.24) is 9.97 Å². The van der Waals surface area contributed by atoms with E-state index in [0.29, 0.717) is 16.7 Å². The normalized spacial score (nSPS) is 11.0. The van der Waals surface area contributed by atoms with Crippen molar-refractivity contribution in [2.24, 2.45) is 0 Å². The fourth-order valence-electron chi connectivity index (χ4n) is 1.81. The van der Waals surface area contributed by atoms with Crippen molar-refractivity contribution in [1.29, 1.82) is 0 Å². The molecule has 0 saturated carbocycles. The van der Waals surface area contributed by atoms with Gasteiger partial charge < -0.3 is 0 Å². The highest BCUT2D eigenvalue weighted by molar-refractivity contribution is 9.12. The molecule has 1 aromatic carbocycles. The highest BCUT2D eigenvalue weighted by atomic mass is 79.9. The van der Waals surface area contributed by atoms with Crippen LogP contribution in [0.1, 0.15) is 0 Å². The van der Waals surface area contributed by atoms with Gasteiger partial charge >= 0.3 is 0 Å². The van der Waals surface area contributed by atoms with Gasteiger partial charge in [0.2, 0.25) is 0 Å². The van der Waals surface area contributed by atoms with E-state index in [4.69, 9.17) is 11.6 Å². The molecular formula is C12H4Br2ClN3O2S. The maximum atomic E-state index is 10.8. The molecular weight excluding hydrogens is 445 g/mol. The molecule has 3 aromatic rings. The maximum Gasteiger partial charge on any atom is 0.270 e. The molecule has 5 nitrogen and oxygen atoms in total. The van der Waals surface area contributed by atoms with Crippen LogP contribution in [0.3, 0.4) is 0 Å². The molecule has 3 rings (SSSR count). The number of halogens is 3. The molecule has 0 aliphatic rings. The molecule has 2 aromatic heterocycles. The molecule has 0 bridgehead atoms. The standard InChI is InChI=1S/C12H4Br2ClN3O2S/c13-9-4-7(10(14)21-9)12-16-8-2-1-5(18(19)20)3-6(8)11(15)17-12/h1-4H. The van der Waals surface area contributed by atoms with Crippen LogP contribution >= 0.6 is 54.8 Å². The number of non-ortho nitro benzene ring substituents is 1. The summed E-state index contributed by atoms with van der Waals surface area (Å²) < 4.78 is 1.82. The van der Waals surface area contributed by atoms with Crippen LogP contribution in [-0.4, -0.2) is 14.9 Å². The lowest BCUT2D eigenvalue weighted by Gasteiger charge is -2.03. The zero-order valence-electron chi connectivity index (χ0n) is 10.0. The van der Waals surface area contributed by atoms with E-state index in [2.05, 4.69) is 41.8 Å². The van der Waals surface area contributed by atoms with Gasteiger partial charge in [0.1, 0.15) is 5.15 Å². The Balaban J connectivity index is 2.22. The van der Waals surface area contributed by atoms with Crippen LogP contribution in [-0.2, 0) is 0 Å². The van der Waals surface area contributed by atoms with Gasteiger partial charge in [-0.1, -0.05) is 11.6 Å². The van der Waals surface area contributed by atoms with Crippen LogP contribution in [0.5, 0.6) is 0 Å². The number of nitro benzene ring substituents is 1. The summed E-state index contributed by atoms with van der Waals surface area (Å²) in [6.45, 7) is 0. The quantitative estimate of drug-likeness (QED) is 0.297. The summed E-state index contributed by atoms with van der Waals surface area (Å²) in [5.74, 6) is 0.468. The van der Waals surface area contributed by atoms with Gasteiger partial charge in [-0.05, 0) is 44.0 Å². The average Bonchev–Trinajstić information content (AvgIpc) is 2.77. The third-order valence-corrected chi connectivity index (χ3v) is 5.37. The molecule has 0 fully saturated rings. The van der Waals surface area contributed by atoms with Crippen LogP contribution in [0.25, 0.3) is 22.3 Å².